The Kier molecular flexibility index (Phi) is 4.92. The van der Waals surface area contributed by atoms with Crippen molar-refractivity contribution < 1.29 is 9.13 Å². The third-order valence-electron chi connectivity index (χ3n) is 2.45. The Bertz CT molecular complexity index is 526. The highest BCUT2D eigenvalue weighted by atomic mass is 79.9. The first-order valence-electron chi connectivity index (χ1n) is 5.41. The molecule has 0 unspecified atom stereocenters. The van der Waals surface area contributed by atoms with Gasteiger partial charge in [0.15, 0.2) is 0 Å². The molecule has 0 radical (unpaired) electrons. The zero-order valence-corrected chi connectivity index (χ0v) is 12.7. The number of hydrogen-bond donors (Lipinski definition) is 0. The van der Waals surface area contributed by atoms with Gasteiger partial charge in [0.05, 0.1) is 13.2 Å². The third-order valence-corrected chi connectivity index (χ3v) is 3.48. The summed E-state index contributed by atoms with van der Waals surface area (Å²) in [6, 6.07) is 12.8. The maximum absolute atomic E-state index is 13.5. The van der Waals surface area contributed by atoms with Crippen molar-refractivity contribution in [2.45, 2.75) is 13.2 Å². The van der Waals surface area contributed by atoms with E-state index >= 15 is 0 Å². The summed E-state index contributed by atoms with van der Waals surface area (Å²) in [5.41, 5.74) is 1.63. The Morgan fingerprint density at radius 1 is 0.889 bits per heavy atom. The monoisotopic (exact) mass is 372 g/mol. The van der Waals surface area contributed by atoms with Crippen LogP contribution in [0.4, 0.5) is 4.39 Å². The quantitative estimate of drug-likeness (QED) is 0.727. The molecule has 0 aliphatic rings. The van der Waals surface area contributed by atoms with Crippen molar-refractivity contribution >= 4 is 31.9 Å². The van der Waals surface area contributed by atoms with Gasteiger partial charge in [0.1, 0.15) is 5.82 Å². The minimum atomic E-state index is -0.250. The Morgan fingerprint density at radius 2 is 1.56 bits per heavy atom. The molecule has 0 aliphatic carbocycles. The average Bonchev–Trinajstić information content (AvgIpc) is 2.34. The van der Waals surface area contributed by atoms with E-state index in [1.165, 1.54) is 6.07 Å². The standard InChI is InChI=1S/C14H11Br2FO/c15-12-4-1-10(2-5-12)8-18-9-11-3-6-13(16)7-14(11)17/h1-7H,8-9H2. The fraction of sp³-hybridized carbons (Fsp3) is 0.143. The van der Waals surface area contributed by atoms with Crippen molar-refractivity contribution in [3.8, 4) is 0 Å². The molecule has 0 atom stereocenters. The average molecular weight is 374 g/mol. The highest BCUT2D eigenvalue weighted by Crippen LogP contribution is 2.17. The smallest absolute Gasteiger partial charge is 0.129 e. The van der Waals surface area contributed by atoms with Gasteiger partial charge in [-0.05, 0) is 29.8 Å². The molecule has 2 rings (SSSR count). The van der Waals surface area contributed by atoms with Crippen LogP contribution in [0.15, 0.2) is 51.4 Å². The molecule has 1 nitrogen and oxygen atoms in total. The lowest BCUT2D eigenvalue weighted by Crippen LogP contribution is -1.96. The molecule has 0 spiro atoms. The molecular weight excluding hydrogens is 363 g/mol. The Morgan fingerprint density at radius 3 is 2.22 bits per heavy atom. The van der Waals surface area contributed by atoms with Crippen LogP contribution in [-0.2, 0) is 18.0 Å². The summed E-state index contributed by atoms with van der Waals surface area (Å²) in [5, 5.41) is 0. The van der Waals surface area contributed by atoms with Crippen LogP contribution >= 0.6 is 31.9 Å². The molecule has 0 saturated heterocycles. The molecular formula is C14H11Br2FO. The molecule has 0 bridgehead atoms. The van der Waals surface area contributed by atoms with Crippen LogP contribution in [0.2, 0.25) is 0 Å². The Labute approximate surface area is 122 Å². The molecule has 0 fully saturated rings. The van der Waals surface area contributed by atoms with E-state index in [9.17, 15) is 4.39 Å². The molecule has 0 aliphatic heterocycles. The fourth-order valence-corrected chi connectivity index (χ4v) is 2.10. The van der Waals surface area contributed by atoms with Gasteiger partial charge in [0.2, 0.25) is 0 Å². The van der Waals surface area contributed by atoms with E-state index in [4.69, 9.17) is 4.74 Å². The number of hydrogen-bond acceptors (Lipinski definition) is 1. The first kappa shape index (κ1) is 13.7. The van der Waals surface area contributed by atoms with Gasteiger partial charge < -0.3 is 4.74 Å². The molecule has 18 heavy (non-hydrogen) atoms. The van der Waals surface area contributed by atoms with Crippen molar-refractivity contribution in [1.29, 1.82) is 0 Å². The highest BCUT2D eigenvalue weighted by molar-refractivity contribution is 9.10. The van der Waals surface area contributed by atoms with Crippen LogP contribution < -0.4 is 0 Å². The zero-order chi connectivity index (χ0) is 13.0. The van der Waals surface area contributed by atoms with Gasteiger partial charge in [0, 0.05) is 14.5 Å². The van der Waals surface area contributed by atoms with Gasteiger partial charge in [-0.15, -0.1) is 0 Å². The summed E-state index contributed by atoms with van der Waals surface area (Å²) in [6.45, 7) is 0.748. The van der Waals surface area contributed by atoms with E-state index < -0.39 is 0 Å². The molecule has 0 saturated carbocycles. The minimum Gasteiger partial charge on any atom is -0.372 e. The molecule has 4 heteroatoms. The number of ether oxygens (including phenoxy) is 1. The first-order chi connectivity index (χ1) is 8.65. The summed E-state index contributed by atoms with van der Waals surface area (Å²) in [6.07, 6.45) is 0. The van der Waals surface area contributed by atoms with Gasteiger partial charge in [-0.2, -0.15) is 0 Å². The van der Waals surface area contributed by atoms with Crippen molar-refractivity contribution in [1.82, 2.24) is 0 Å². The molecule has 0 N–H and O–H groups in total. The van der Waals surface area contributed by atoms with Crippen molar-refractivity contribution in [2.75, 3.05) is 0 Å². The molecule has 2 aromatic carbocycles. The fourth-order valence-electron chi connectivity index (χ4n) is 1.50. The van der Waals surface area contributed by atoms with E-state index in [1.807, 2.05) is 24.3 Å². The third kappa shape index (κ3) is 3.90. The predicted octanol–water partition coefficient (Wildman–Crippen LogP) is 5.07. The molecule has 2 aromatic rings. The predicted molar refractivity (Wildman–Crippen MR) is 76.7 cm³/mol. The topological polar surface area (TPSA) is 9.23 Å². The molecule has 0 amide bonds. The lowest BCUT2D eigenvalue weighted by Gasteiger charge is -2.06. The van der Waals surface area contributed by atoms with Gasteiger partial charge in [-0.25, -0.2) is 4.39 Å². The summed E-state index contributed by atoms with van der Waals surface area (Å²) < 4.78 is 20.8. The zero-order valence-electron chi connectivity index (χ0n) is 9.50. The van der Waals surface area contributed by atoms with Gasteiger partial charge in [-0.1, -0.05) is 50.1 Å². The normalized spacial score (nSPS) is 10.6. The van der Waals surface area contributed by atoms with Crippen LogP contribution in [0, 0.1) is 5.82 Å². The Balaban J connectivity index is 1.90. The first-order valence-corrected chi connectivity index (χ1v) is 7.00. The lowest BCUT2D eigenvalue weighted by molar-refractivity contribution is 0.105. The summed E-state index contributed by atoms with van der Waals surface area (Å²) in [7, 11) is 0. The minimum absolute atomic E-state index is 0.250. The maximum atomic E-state index is 13.5. The summed E-state index contributed by atoms with van der Waals surface area (Å²) in [4.78, 5) is 0. The second kappa shape index (κ2) is 6.45. The molecule has 0 heterocycles. The number of benzene rings is 2. The van der Waals surface area contributed by atoms with E-state index in [-0.39, 0.29) is 12.4 Å². The van der Waals surface area contributed by atoms with Crippen LogP contribution in [0.1, 0.15) is 11.1 Å². The second-order valence-corrected chi connectivity index (χ2v) is 5.69. The van der Waals surface area contributed by atoms with Crippen LogP contribution in [0.3, 0.4) is 0 Å². The van der Waals surface area contributed by atoms with Crippen LogP contribution in [-0.4, -0.2) is 0 Å². The van der Waals surface area contributed by atoms with Gasteiger partial charge in [0.25, 0.3) is 0 Å². The number of rotatable bonds is 4. The van der Waals surface area contributed by atoms with Crippen molar-refractivity contribution in [3.05, 3.63) is 68.4 Å². The van der Waals surface area contributed by atoms with E-state index in [1.54, 1.807) is 12.1 Å². The largest absolute Gasteiger partial charge is 0.372 e. The second-order valence-electron chi connectivity index (χ2n) is 3.85. The van der Waals surface area contributed by atoms with E-state index in [0.717, 1.165) is 14.5 Å². The van der Waals surface area contributed by atoms with E-state index in [0.29, 0.717) is 12.2 Å². The maximum Gasteiger partial charge on any atom is 0.129 e. The molecule has 94 valence electrons. The van der Waals surface area contributed by atoms with Crippen molar-refractivity contribution in [3.63, 3.8) is 0 Å². The van der Waals surface area contributed by atoms with Gasteiger partial charge >= 0.3 is 0 Å². The van der Waals surface area contributed by atoms with Crippen molar-refractivity contribution in [2.24, 2.45) is 0 Å². The number of halogens is 3. The SMILES string of the molecule is Fc1cc(Br)ccc1COCc1ccc(Br)cc1. The summed E-state index contributed by atoms with van der Waals surface area (Å²) in [5.74, 6) is -0.250. The Hall–Kier alpha value is -0.710. The lowest BCUT2D eigenvalue weighted by atomic mass is 10.2. The summed E-state index contributed by atoms with van der Waals surface area (Å²) >= 11 is 6.59. The van der Waals surface area contributed by atoms with Crippen LogP contribution in [0.5, 0.6) is 0 Å². The van der Waals surface area contributed by atoms with Gasteiger partial charge in [-0.3, -0.25) is 0 Å². The van der Waals surface area contributed by atoms with Crippen LogP contribution in [0.25, 0.3) is 0 Å². The van der Waals surface area contributed by atoms with E-state index in [2.05, 4.69) is 31.9 Å². The highest BCUT2D eigenvalue weighted by Gasteiger charge is 2.03. The molecule has 0 aromatic heterocycles.